The molecule has 1 aromatic rings. The molecule has 1 heterocycles. The van der Waals surface area contributed by atoms with E-state index in [1.165, 1.54) is 5.56 Å². The van der Waals surface area contributed by atoms with Crippen LogP contribution in [0.4, 0.5) is 0 Å². The molecule has 1 aromatic carbocycles. The molecular formula is C22H31NO5. The number of hydrogen-bond acceptors (Lipinski definition) is 4. The Morgan fingerprint density at radius 2 is 1.86 bits per heavy atom. The smallest absolute Gasteiger partial charge is 0.306 e. The zero-order valence-corrected chi connectivity index (χ0v) is 16.6. The molecule has 0 radical (unpaired) electrons. The van der Waals surface area contributed by atoms with Crippen LogP contribution in [0.15, 0.2) is 24.3 Å². The fraction of sp³-hybridized carbons (Fsp3) is 0.636. The highest BCUT2D eigenvalue weighted by Crippen LogP contribution is 2.36. The van der Waals surface area contributed by atoms with Crippen molar-refractivity contribution in [1.29, 1.82) is 0 Å². The number of carboxylic acids is 1. The van der Waals surface area contributed by atoms with Crippen molar-refractivity contribution in [2.45, 2.75) is 50.9 Å². The number of aliphatic carboxylic acids is 1. The van der Waals surface area contributed by atoms with Crippen LogP contribution in [0, 0.1) is 11.8 Å². The minimum absolute atomic E-state index is 0.0113. The summed E-state index contributed by atoms with van der Waals surface area (Å²) in [5.41, 5.74) is 1.03. The largest absolute Gasteiger partial charge is 0.494 e. The monoisotopic (exact) mass is 389 g/mol. The van der Waals surface area contributed by atoms with Gasteiger partial charge >= 0.3 is 5.97 Å². The Labute approximate surface area is 166 Å². The lowest BCUT2D eigenvalue weighted by Crippen LogP contribution is -2.46. The van der Waals surface area contributed by atoms with Crippen LogP contribution in [0.25, 0.3) is 0 Å². The van der Waals surface area contributed by atoms with E-state index in [1.807, 2.05) is 19.1 Å². The number of benzene rings is 1. The van der Waals surface area contributed by atoms with Crippen LogP contribution in [-0.2, 0) is 19.7 Å². The third kappa shape index (κ3) is 4.85. The Kier molecular flexibility index (Phi) is 6.94. The molecule has 6 nitrogen and oxygen atoms in total. The Morgan fingerprint density at radius 3 is 2.50 bits per heavy atom. The van der Waals surface area contributed by atoms with Crippen molar-refractivity contribution in [3.8, 4) is 5.75 Å². The standard InChI is InChI=1S/C22H31NO5/c1-2-28-19-8-6-18(7-9-19)22(10-12-27-13-11-22)15-23-20(24)16-4-3-5-17(14-16)21(25)26/h6-9,16-17H,2-5,10-15H2,1H3,(H,23,24)(H,25,26). The number of amides is 1. The zero-order chi connectivity index (χ0) is 20.0. The molecule has 2 atom stereocenters. The SMILES string of the molecule is CCOc1ccc(C2(CNC(=O)C3CCCC(C(=O)O)C3)CCOCC2)cc1. The van der Waals surface area contributed by atoms with Gasteiger partial charge in [-0.05, 0) is 56.7 Å². The number of carboxylic acid groups (broad SMARTS) is 1. The lowest BCUT2D eigenvalue weighted by molar-refractivity contribution is -0.144. The van der Waals surface area contributed by atoms with Crippen molar-refractivity contribution in [1.82, 2.24) is 5.32 Å². The summed E-state index contributed by atoms with van der Waals surface area (Å²) >= 11 is 0. The molecule has 2 unspecified atom stereocenters. The molecule has 28 heavy (non-hydrogen) atoms. The van der Waals surface area contributed by atoms with E-state index in [1.54, 1.807) is 0 Å². The lowest BCUT2D eigenvalue weighted by atomic mass is 9.73. The molecule has 2 N–H and O–H groups in total. The highest BCUT2D eigenvalue weighted by Gasteiger charge is 2.36. The summed E-state index contributed by atoms with van der Waals surface area (Å²) in [5.74, 6) is -0.547. The highest BCUT2D eigenvalue weighted by molar-refractivity contribution is 5.80. The van der Waals surface area contributed by atoms with Gasteiger partial charge in [-0.3, -0.25) is 9.59 Å². The summed E-state index contributed by atoms with van der Waals surface area (Å²) in [5, 5.41) is 12.4. The molecule has 0 spiro atoms. The second kappa shape index (κ2) is 9.41. The molecule has 2 aliphatic rings. The quantitative estimate of drug-likeness (QED) is 0.748. The number of rotatable bonds is 7. The third-order valence-electron chi connectivity index (χ3n) is 6.22. The normalized spacial score (nSPS) is 24.3. The number of carbonyl (C=O) groups excluding carboxylic acids is 1. The Morgan fingerprint density at radius 1 is 1.18 bits per heavy atom. The first kappa shape index (κ1) is 20.6. The Hall–Kier alpha value is -2.08. The average Bonchev–Trinajstić information content (AvgIpc) is 2.73. The first-order valence-corrected chi connectivity index (χ1v) is 10.4. The topological polar surface area (TPSA) is 84.9 Å². The number of nitrogens with one attached hydrogen (secondary N) is 1. The molecule has 0 aromatic heterocycles. The molecule has 1 saturated heterocycles. The van der Waals surface area contributed by atoms with Crippen molar-refractivity contribution in [2.24, 2.45) is 11.8 Å². The van der Waals surface area contributed by atoms with Crippen LogP contribution in [0.3, 0.4) is 0 Å². The molecule has 1 saturated carbocycles. The van der Waals surface area contributed by atoms with E-state index in [2.05, 4.69) is 17.4 Å². The minimum Gasteiger partial charge on any atom is -0.494 e. The van der Waals surface area contributed by atoms with Crippen molar-refractivity contribution in [2.75, 3.05) is 26.4 Å². The highest BCUT2D eigenvalue weighted by atomic mass is 16.5. The van der Waals surface area contributed by atoms with E-state index in [4.69, 9.17) is 9.47 Å². The van der Waals surface area contributed by atoms with Gasteiger partial charge in [-0.15, -0.1) is 0 Å². The second-order valence-electron chi connectivity index (χ2n) is 7.97. The van der Waals surface area contributed by atoms with Gasteiger partial charge in [-0.2, -0.15) is 0 Å². The molecule has 0 bridgehead atoms. The van der Waals surface area contributed by atoms with Crippen LogP contribution in [0.5, 0.6) is 5.75 Å². The van der Waals surface area contributed by atoms with E-state index < -0.39 is 11.9 Å². The predicted molar refractivity (Wildman–Crippen MR) is 105 cm³/mol. The first-order valence-electron chi connectivity index (χ1n) is 10.4. The molecule has 154 valence electrons. The van der Waals surface area contributed by atoms with Gasteiger partial charge in [0, 0.05) is 31.1 Å². The van der Waals surface area contributed by atoms with Crippen LogP contribution in [0.1, 0.15) is 51.0 Å². The van der Waals surface area contributed by atoms with Crippen LogP contribution >= 0.6 is 0 Å². The van der Waals surface area contributed by atoms with E-state index in [-0.39, 0.29) is 17.2 Å². The van der Waals surface area contributed by atoms with Crippen molar-refractivity contribution in [3.63, 3.8) is 0 Å². The fourth-order valence-corrected chi connectivity index (χ4v) is 4.45. The van der Waals surface area contributed by atoms with Gasteiger partial charge in [-0.1, -0.05) is 18.6 Å². The predicted octanol–water partition coefficient (Wildman–Crippen LogP) is 3.14. The van der Waals surface area contributed by atoms with Crippen LogP contribution < -0.4 is 10.1 Å². The molecule has 2 fully saturated rings. The van der Waals surface area contributed by atoms with E-state index in [9.17, 15) is 14.7 Å². The summed E-state index contributed by atoms with van der Waals surface area (Å²) in [6.45, 7) is 4.50. The van der Waals surface area contributed by atoms with Gasteiger partial charge in [0.1, 0.15) is 5.75 Å². The average molecular weight is 389 g/mol. The maximum absolute atomic E-state index is 12.8. The molecular weight excluding hydrogens is 358 g/mol. The van der Waals surface area contributed by atoms with E-state index >= 15 is 0 Å². The third-order valence-corrected chi connectivity index (χ3v) is 6.22. The molecule has 3 rings (SSSR count). The van der Waals surface area contributed by atoms with E-state index in [0.717, 1.165) is 31.4 Å². The van der Waals surface area contributed by atoms with Gasteiger partial charge in [0.15, 0.2) is 0 Å². The molecule has 6 heteroatoms. The Bertz CT molecular complexity index is 666. The first-order chi connectivity index (χ1) is 13.5. The summed E-state index contributed by atoms with van der Waals surface area (Å²) in [7, 11) is 0. The van der Waals surface area contributed by atoms with Gasteiger partial charge < -0.3 is 19.9 Å². The molecule has 1 aliphatic heterocycles. The number of ether oxygens (including phenoxy) is 2. The van der Waals surface area contributed by atoms with Gasteiger partial charge in [0.05, 0.1) is 12.5 Å². The molecule has 1 aliphatic carbocycles. The van der Waals surface area contributed by atoms with Crippen LogP contribution in [-0.4, -0.2) is 43.3 Å². The lowest BCUT2D eigenvalue weighted by Gasteiger charge is -2.38. The van der Waals surface area contributed by atoms with Crippen LogP contribution in [0.2, 0.25) is 0 Å². The van der Waals surface area contributed by atoms with Gasteiger partial charge in [0.25, 0.3) is 0 Å². The fourth-order valence-electron chi connectivity index (χ4n) is 4.45. The van der Waals surface area contributed by atoms with Crippen molar-refractivity contribution < 1.29 is 24.2 Å². The number of carbonyl (C=O) groups is 2. The van der Waals surface area contributed by atoms with Crippen molar-refractivity contribution >= 4 is 11.9 Å². The summed E-state index contributed by atoms with van der Waals surface area (Å²) < 4.78 is 11.1. The second-order valence-corrected chi connectivity index (χ2v) is 7.97. The summed E-state index contributed by atoms with van der Waals surface area (Å²) in [4.78, 5) is 24.0. The Balaban J connectivity index is 1.67. The summed E-state index contributed by atoms with van der Waals surface area (Å²) in [6.07, 6.45) is 4.39. The maximum atomic E-state index is 12.8. The minimum atomic E-state index is -0.784. The zero-order valence-electron chi connectivity index (χ0n) is 16.6. The van der Waals surface area contributed by atoms with Crippen molar-refractivity contribution in [3.05, 3.63) is 29.8 Å². The summed E-state index contributed by atoms with van der Waals surface area (Å²) in [6, 6.07) is 8.14. The molecule has 1 amide bonds. The van der Waals surface area contributed by atoms with Gasteiger partial charge in [-0.25, -0.2) is 0 Å². The number of hydrogen-bond donors (Lipinski definition) is 2. The maximum Gasteiger partial charge on any atom is 0.306 e. The van der Waals surface area contributed by atoms with E-state index in [0.29, 0.717) is 39.2 Å². The van der Waals surface area contributed by atoms with Gasteiger partial charge in [0.2, 0.25) is 5.91 Å².